The first-order chi connectivity index (χ1) is 9.06. The van der Waals surface area contributed by atoms with E-state index in [-0.39, 0.29) is 24.2 Å². The standard InChI is InChI=1S/C13H13FN2O3/c14-11-4-1-9(2-5-11)8-16-13(19)10(7-15-16)3-6-12(17)18/h1-2,4-5,7,15H,3,6,8H2,(H,17,18). The van der Waals surface area contributed by atoms with Crippen molar-refractivity contribution >= 4 is 5.97 Å². The third kappa shape index (κ3) is 3.31. The van der Waals surface area contributed by atoms with E-state index >= 15 is 0 Å². The smallest absolute Gasteiger partial charge is 0.303 e. The van der Waals surface area contributed by atoms with Crippen LogP contribution < -0.4 is 5.56 Å². The summed E-state index contributed by atoms with van der Waals surface area (Å²) in [5.74, 6) is -1.27. The van der Waals surface area contributed by atoms with E-state index in [0.717, 1.165) is 5.56 Å². The largest absolute Gasteiger partial charge is 0.481 e. The summed E-state index contributed by atoms with van der Waals surface area (Å²) in [6, 6.07) is 5.85. The second kappa shape index (κ2) is 5.51. The van der Waals surface area contributed by atoms with E-state index in [1.165, 1.54) is 23.0 Å². The highest BCUT2D eigenvalue weighted by molar-refractivity contribution is 5.67. The van der Waals surface area contributed by atoms with Gasteiger partial charge in [-0.15, -0.1) is 0 Å². The first kappa shape index (κ1) is 13.1. The number of carbonyl (C=O) groups is 1. The van der Waals surface area contributed by atoms with Gasteiger partial charge in [0.05, 0.1) is 6.54 Å². The molecule has 2 rings (SSSR count). The van der Waals surface area contributed by atoms with Gasteiger partial charge in [-0.2, -0.15) is 0 Å². The van der Waals surface area contributed by atoms with E-state index in [4.69, 9.17) is 5.11 Å². The number of H-pyrrole nitrogens is 1. The lowest BCUT2D eigenvalue weighted by Gasteiger charge is -2.01. The number of rotatable bonds is 5. The number of hydrogen-bond acceptors (Lipinski definition) is 2. The Kier molecular flexibility index (Phi) is 3.79. The molecule has 0 saturated carbocycles. The summed E-state index contributed by atoms with van der Waals surface area (Å²) in [7, 11) is 0. The topological polar surface area (TPSA) is 75.1 Å². The van der Waals surface area contributed by atoms with Crippen molar-refractivity contribution in [2.45, 2.75) is 19.4 Å². The first-order valence-electron chi connectivity index (χ1n) is 5.79. The molecule has 0 amide bonds. The van der Waals surface area contributed by atoms with Crippen LogP contribution in [0, 0.1) is 5.82 Å². The molecule has 0 aliphatic carbocycles. The maximum atomic E-state index is 12.8. The number of nitrogens with one attached hydrogen (secondary N) is 1. The number of nitrogens with zero attached hydrogens (tertiary/aromatic N) is 1. The van der Waals surface area contributed by atoms with Gasteiger partial charge in [0, 0.05) is 18.2 Å². The van der Waals surface area contributed by atoms with Crippen molar-refractivity contribution < 1.29 is 14.3 Å². The van der Waals surface area contributed by atoms with Crippen molar-refractivity contribution in [2.24, 2.45) is 0 Å². The second-order valence-electron chi connectivity index (χ2n) is 4.21. The Bertz CT molecular complexity index is 628. The number of aryl methyl sites for hydroxylation is 1. The summed E-state index contributed by atoms with van der Waals surface area (Å²) in [5, 5.41) is 11.4. The minimum absolute atomic E-state index is 0.0797. The van der Waals surface area contributed by atoms with Crippen LogP contribution in [-0.2, 0) is 17.8 Å². The number of carboxylic acids is 1. The van der Waals surface area contributed by atoms with Crippen molar-refractivity contribution in [3.8, 4) is 0 Å². The summed E-state index contributed by atoms with van der Waals surface area (Å²) < 4.78 is 14.1. The van der Waals surface area contributed by atoms with Gasteiger partial charge in [0.25, 0.3) is 5.56 Å². The molecule has 1 aromatic heterocycles. The van der Waals surface area contributed by atoms with Crippen LogP contribution in [0.5, 0.6) is 0 Å². The lowest BCUT2D eigenvalue weighted by Crippen LogP contribution is -2.20. The minimum atomic E-state index is -0.939. The molecule has 0 radical (unpaired) electrons. The predicted molar refractivity (Wildman–Crippen MR) is 66.5 cm³/mol. The van der Waals surface area contributed by atoms with Crippen molar-refractivity contribution in [1.29, 1.82) is 0 Å². The van der Waals surface area contributed by atoms with Crippen LogP contribution in [0.15, 0.2) is 35.3 Å². The minimum Gasteiger partial charge on any atom is -0.481 e. The summed E-state index contributed by atoms with van der Waals surface area (Å²) in [4.78, 5) is 22.4. The molecular weight excluding hydrogens is 251 g/mol. The molecule has 0 bridgehead atoms. The highest BCUT2D eigenvalue weighted by Gasteiger charge is 2.08. The number of hydrogen-bond donors (Lipinski definition) is 2. The van der Waals surface area contributed by atoms with E-state index in [1.807, 2.05) is 0 Å². The Labute approximate surface area is 108 Å². The average Bonchev–Trinajstić information content (AvgIpc) is 2.71. The normalized spacial score (nSPS) is 10.6. The zero-order valence-electron chi connectivity index (χ0n) is 10.1. The van der Waals surface area contributed by atoms with Gasteiger partial charge in [-0.1, -0.05) is 12.1 Å². The van der Waals surface area contributed by atoms with Crippen LogP contribution in [0.4, 0.5) is 4.39 Å². The maximum absolute atomic E-state index is 12.8. The summed E-state index contributed by atoms with van der Waals surface area (Å²) in [6.45, 7) is 0.298. The molecule has 0 unspecified atom stereocenters. The van der Waals surface area contributed by atoms with Crippen molar-refractivity contribution in [1.82, 2.24) is 9.78 Å². The molecule has 0 saturated heterocycles. The lowest BCUT2D eigenvalue weighted by molar-refractivity contribution is -0.136. The van der Waals surface area contributed by atoms with Crippen molar-refractivity contribution in [3.63, 3.8) is 0 Å². The highest BCUT2D eigenvalue weighted by atomic mass is 19.1. The molecule has 0 aliphatic heterocycles. The molecule has 1 heterocycles. The molecular formula is C13H13FN2O3. The fraction of sp³-hybridized carbons (Fsp3) is 0.231. The number of halogens is 1. The number of carboxylic acid groups (broad SMARTS) is 1. The zero-order chi connectivity index (χ0) is 13.8. The average molecular weight is 264 g/mol. The van der Waals surface area contributed by atoms with Crippen molar-refractivity contribution in [3.05, 3.63) is 57.8 Å². The maximum Gasteiger partial charge on any atom is 0.303 e. The van der Waals surface area contributed by atoms with E-state index in [2.05, 4.69) is 5.10 Å². The van der Waals surface area contributed by atoms with Crippen LogP contribution in [0.1, 0.15) is 17.5 Å². The van der Waals surface area contributed by atoms with E-state index in [9.17, 15) is 14.0 Å². The van der Waals surface area contributed by atoms with Gasteiger partial charge in [0.15, 0.2) is 0 Å². The van der Waals surface area contributed by atoms with Crippen LogP contribution >= 0.6 is 0 Å². The van der Waals surface area contributed by atoms with Gasteiger partial charge in [-0.05, 0) is 24.1 Å². The molecule has 2 aromatic rings. The Hall–Kier alpha value is -2.37. The van der Waals surface area contributed by atoms with Crippen LogP contribution in [0.3, 0.4) is 0 Å². The number of aliphatic carboxylic acids is 1. The van der Waals surface area contributed by atoms with Gasteiger partial charge in [-0.3, -0.25) is 9.59 Å². The molecule has 6 heteroatoms. The number of aromatic amines is 1. The zero-order valence-corrected chi connectivity index (χ0v) is 10.1. The summed E-state index contributed by atoms with van der Waals surface area (Å²) in [6.07, 6.45) is 1.62. The van der Waals surface area contributed by atoms with Crippen LogP contribution in [-0.4, -0.2) is 20.9 Å². The van der Waals surface area contributed by atoms with E-state index < -0.39 is 5.97 Å². The molecule has 1 aromatic carbocycles. The Balaban J connectivity index is 2.11. The van der Waals surface area contributed by atoms with Gasteiger partial charge in [0.1, 0.15) is 5.82 Å². The Morgan fingerprint density at radius 1 is 1.32 bits per heavy atom. The summed E-state index contributed by atoms with van der Waals surface area (Å²) >= 11 is 0. The van der Waals surface area contributed by atoms with Crippen molar-refractivity contribution in [2.75, 3.05) is 0 Å². The number of aromatic nitrogens is 2. The molecule has 0 atom stereocenters. The summed E-state index contributed by atoms with van der Waals surface area (Å²) in [5.41, 5.74) is 0.977. The highest BCUT2D eigenvalue weighted by Crippen LogP contribution is 2.04. The molecule has 0 fully saturated rings. The van der Waals surface area contributed by atoms with E-state index in [1.54, 1.807) is 12.1 Å². The number of benzene rings is 1. The molecule has 100 valence electrons. The third-order valence-corrected chi connectivity index (χ3v) is 2.78. The van der Waals surface area contributed by atoms with Gasteiger partial charge < -0.3 is 10.2 Å². The van der Waals surface area contributed by atoms with Gasteiger partial charge >= 0.3 is 5.97 Å². The van der Waals surface area contributed by atoms with E-state index in [0.29, 0.717) is 12.1 Å². The Morgan fingerprint density at radius 2 is 2.00 bits per heavy atom. The predicted octanol–water partition coefficient (Wildman–Crippen LogP) is 1.38. The lowest BCUT2D eigenvalue weighted by atomic mass is 10.2. The SMILES string of the molecule is O=C(O)CCc1c[nH]n(Cc2ccc(F)cc2)c1=O. The fourth-order valence-electron chi connectivity index (χ4n) is 1.76. The molecule has 2 N–H and O–H groups in total. The van der Waals surface area contributed by atoms with Crippen LogP contribution in [0.25, 0.3) is 0 Å². The molecule has 0 aliphatic rings. The Morgan fingerprint density at radius 3 is 2.63 bits per heavy atom. The third-order valence-electron chi connectivity index (χ3n) is 2.78. The van der Waals surface area contributed by atoms with Gasteiger partial charge in [0.2, 0.25) is 0 Å². The van der Waals surface area contributed by atoms with Gasteiger partial charge in [-0.25, -0.2) is 9.07 Å². The fourth-order valence-corrected chi connectivity index (χ4v) is 1.76. The first-order valence-corrected chi connectivity index (χ1v) is 5.79. The monoisotopic (exact) mass is 264 g/mol. The molecule has 0 spiro atoms. The second-order valence-corrected chi connectivity index (χ2v) is 4.21. The van der Waals surface area contributed by atoms with Crippen LogP contribution in [0.2, 0.25) is 0 Å². The quantitative estimate of drug-likeness (QED) is 0.856. The molecule has 19 heavy (non-hydrogen) atoms. The molecule has 5 nitrogen and oxygen atoms in total.